The molecule has 126 valence electrons. The van der Waals surface area contributed by atoms with Gasteiger partial charge < -0.3 is 4.74 Å². The number of rotatable bonds is 5. The van der Waals surface area contributed by atoms with Crippen LogP contribution < -0.4 is 10.6 Å². The van der Waals surface area contributed by atoms with Crippen LogP contribution in [-0.4, -0.2) is 17.7 Å². The van der Waals surface area contributed by atoms with Gasteiger partial charge in [0.05, 0.1) is 0 Å². The summed E-state index contributed by atoms with van der Waals surface area (Å²) in [5.41, 5.74) is 0.569. The summed E-state index contributed by atoms with van der Waals surface area (Å²) in [6.45, 7) is 3.57. The molecule has 24 heavy (non-hydrogen) atoms. The molecule has 2 nitrogen and oxygen atoms in total. The van der Waals surface area contributed by atoms with Crippen LogP contribution >= 0.6 is 7.92 Å². The van der Waals surface area contributed by atoms with E-state index in [1.807, 2.05) is 0 Å². The Morgan fingerprint density at radius 1 is 1.00 bits per heavy atom. The fourth-order valence-electron chi connectivity index (χ4n) is 3.90. The second kappa shape index (κ2) is 7.94. The zero-order valence-corrected chi connectivity index (χ0v) is 15.3. The summed E-state index contributed by atoms with van der Waals surface area (Å²) in [6.07, 6.45) is 3.58. The van der Waals surface area contributed by atoms with Gasteiger partial charge in [-0.3, -0.25) is 4.79 Å². The fraction of sp³-hybridized carbons (Fsp3) is 0.381. The first kappa shape index (κ1) is 17.2. The van der Waals surface area contributed by atoms with E-state index in [0.717, 1.165) is 6.42 Å². The molecule has 0 aromatic heterocycles. The van der Waals surface area contributed by atoms with Gasteiger partial charge >= 0.3 is 5.97 Å². The van der Waals surface area contributed by atoms with Gasteiger partial charge in [-0.1, -0.05) is 67.1 Å². The van der Waals surface area contributed by atoms with Crippen LogP contribution in [0.1, 0.15) is 33.1 Å². The number of esters is 1. The molecule has 0 bridgehead atoms. The van der Waals surface area contributed by atoms with E-state index in [4.69, 9.17) is 4.74 Å². The molecule has 0 aliphatic heterocycles. The molecule has 1 aliphatic carbocycles. The SMILES string of the molecule is CC(=O)O[C@H](C)C1CCC[C@@H]1P(c1ccccc1)c1ccccc1. The molecule has 0 spiro atoms. The molecule has 0 saturated heterocycles. The van der Waals surface area contributed by atoms with E-state index in [-0.39, 0.29) is 12.1 Å². The minimum atomic E-state index is -0.440. The van der Waals surface area contributed by atoms with Gasteiger partial charge in [0, 0.05) is 12.8 Å². The third-order valence-electron chi connectivity index (χ3n) is 4.89. The molecule has 0 amide bonds. The normalized spacial score (nSPS) is 21.6. The highest BCUT2D eigenvalue weighted by Gasteiger charge is 2.39. The van der Waals surface area contributed by atoms with Crippen molar-refractivity contribution in [3.05, 3.63) is 60.7 Å². The minimum absolute atomic E-state index is 0.00701. The average molecular weight is 340 g/mol. The quantitative estimate of drug-likeness (QED) is 0.601. The molecule has 2 aromatic rings. The van der Waals surface area contributed by atoms with Crippen molar-refractivity contribution >= 4 is 24.5 Å². The summed E-state index contributed by atoms with van der Waals surface area (Å²) in [7, 11) is -0.440. The van der Waals surface area contributed by atoms with Gasteiger partial charge in [-0.05, 0) is 44.0 Å². The predicted octanol–water partition coefficient (Wildman–Crippen LogP) is 4.24. The molecular weight excluding hydrogens is 315 g/mol. The smallest absolute Gasteiger partial charge is 0.302 e. The van der Waals surface area contributed by atoms with Crippen molar-refractivity contribution in [2.75, 3.05) is 0 Å². The van der Waals surface area contributed by atoms with E-state index in [1.54, 1.807) is 0 Å². The van der Waals surface area contributed by atoms with Crippen molar-refractivity contribution in [2.45, 2.75) is 44.9 Å². The molecule has 3 atom stereocenters. The van der Waals surface area contributed by atoms with Crippen molar-refractivity contribution in [3.63, 3.8) is 0 Å². The van der Waals surface area contributed by atoms with Gasteiger partial charge in [-0.15, -0.1) is 0 Å². The first-order chi connectivity index (χ1) is 11.7. The van der Waals surface area contributed by atoms with E-state index in [2.05, 4.69) is 67.6 Å². The predicted molar refractivity (Wildman–Crippen MR) is 101 cm³/mol. The van der Waals surface area contributed by atoms with E-state index in [0.29, 0.717) is 11.6 Å². The highest BCUT2D eigenvalue weighted by molar-refractivity contribution is 7.73. The van der Waals surface area contributed by atoms with Crippen LogP contribution in [0.3, 0.4) is 0 Å². The molecule has 3 rings (SSSR count). The van der Waals surface area contributed by atoms with Gasteiger partial charge in [0.15, 0.2) is 0 Å². The fourth-order valence-corrected chi connectivity index (χ4v) is 7.16. The van der Waals surface area contributed by atoms with Crippen molar-refractivity contribution < 1.29 is 9.53 Å². The third kappa shape index (κ3) is 3.87. The highest BCUT2D eigenvalue weighted by atomic mass is 31.1. The number of carbonyl (C=O) groups is 1. The third-order valence-corrected chi connectivity index (χ3v) is 7.90. The Bertz CT molecular complexity index is 617. The molecule has 0 heterocycles. The van der Waals surface area contributed by atoms with Gasteiger partial charge in [0.1, 0.15) is 6.10 Å². The van der Waals surface area contributed by atoms with Crippen LogP contribution in [0.25, 0.3) is 0 Å². The topological polar surface area (TPSA) is 26.3 Å². The molecule has 1 fully saturated rings. The second-order valence-electron chi connectivity index (χ2n) is 6.52. The summed E-state index contributed by atoms with van der Waals surface area (Å²) in [4.78, 5) is 11.4. The zero-order chi connectivity index (χ0) is 16.9. The van der Waals surface area contributed by atoms with Gasteiger partial charge in [0.25, 0.3) is 0 Å². The molecule has 3 heteroatoms. The van der Waals surface area contributed by atoms with Gasteiger partial charge in [-0.25, -0.2) is 0 Å². The van der Waals surface area contributed by atoms with Crippen LogP contribution in [0.15, 0.2) is 60.7 Å². The lowest BCUT2D eigenvalue weighted by molar-refractivity contribution is -0.147. The lowest BCUT2D eigenvalue weighted by Gasteiger charge is -2.33. The first-order valence-corrected chi connectivity index (χ1v) is 10.1. The van der Waals surface area contributed by atoms with Crippen molar-refractivity contribution in [2.24, 2.45) is 5.92 Å². The maximum Gasteiger partial charge on any atom is 0.302 e. The Hall–Kier alpha value is -1.66. The van der Waals surface area contributed by atoms with Crippen LogP contribution in [0, 0.1) is 5.92 Å². The van der Waals surface area contributed by atoms with E-state index >= 15 is 0 Å². The average Bonchev–Trinajstić information content (AvgIpc) is 3.06. The highest BCUT2D eigenvalue weighted by Crippen LogP contribution is 2.51. The van der Waals surface area contributed by atoms with Crippen LogP contribution in [-0.2, 0) is 9.53 Å². The summed E-state index contributed by atoms with van der Waals surface area (Å²) in [5, 5.41) is 2.84. The molecule has 1 unspecified atom stereocenters. The monoisotopic (exact) mass is 340 g/mol. The summed E-state index contributed by atoms with van der Waals surface area (Å²) in [6, 6.07) is 21.7. The minimum Gasteiger partial charge on any atom is -0.463 e. The Kier molecular flexibility index (Phi) is 5.68. The zero-order valence-electron chi connectivity index (χ0n) is 14.4. The Morgan fingerprint density at radius 2 is 1.54 bits per heavy atom. The van der Waals surface area contributed by atoms with Crippen LogP contribution in [0.5, 0.6) is 0 Å². The summed E-state index contributed by atoms with van der Waals surface area (Å²) >= 11 is 0. The number of ether oxygens (including phenoxy) is 1. The maximum absolute atomic E-state index is 11.4. The number of hydrogen-bond acceptors (Lipinski definition) is 2. The molecule has 0 N–H and O–H groups in total. The number of carbonyl (C=O) groups excluding carboxylic acids is 1. The Labute approximate surface area is 146 Å². The van der Waals surface area contributed by atoms with Crippen molar-refractivity contribution in [1.29, 1.82) is 0 Å². The van der Waals surface area contributed by atoms with Crippen LogP contribution in [0.2, 0.25) is 0 Å². The molecule has 1 aliphatic rings. The van der Waals surface area contributed by atoms with E-state index in [9.17, 15) is 4.79 Å². The van der Waals surface area contributed by atoms with Crippen molar-refractivity contribution in [3.8, 4) is 0 Å². The lowest BCUT2D eigenvalue weighted by atomic mass is 10.0. The Balaban J connectivity index is 1.94. The summed E-state index contributed by atoms with van der Waals surface area (Å²) < 4.78 is 5.56. The van der Waals surface area contributed by atoms with E-state index in [1.165, 1.54) is 30.4 Å². The molecule has 0 radical (unpaired) electrons. The van der Waals surface area contributed by atoms with Crippen LogP contribution in [0.4, 0.5) is 0 Å². The van der Waals surface area contributed by atoms with Crippen molar-refractivity contribution in [1.82, 2.24) is 0 Å². The molecule has 2 aromatic carbocycles. The van der Waals surface area contributed by atoms with E-state index < -0.39 is 7.92 Å². The largest absolute Gasteiger partial charge is 0.463 e. The number of hydrogen-bond donors (Lipinski definition) is 0. The maximum atomic E-state index is 11.4. The Morgan fingerprint density at radius 3 is 2.04 bits per heavy atom. The first-order valence-electron chi connectivity index (χ1n) is 8.73. The molecule has 1 saturated carbocycles. The second-order valence-corrected chi connectivity index (χ2v) is 8.95. The summed E-state index contributed by atoms with van der Waals surface area (Å²) in [5.74, 6) is 0.275. The number of benzene rings is 2. The lowest BCUT2D eigenvalue weighted by Crippen LogP contribution is -2.32. The van der Waals surface area contributed by atoms with Gasteiger partial charge in [0.2, 0.25) is 0 Å². The molecular formula is C21H25O2P. The standard InChI is InChI=1S/C21H25O2P/c1-16(23-17(2)22)20-14-9-15-21(20)24(18-10-5-3-6-11-18)19-12-7-4-8-13-19/h3-8,10-13,16,20-21H,9,14-15H2,1-2H3/t16-,20?,21+/m1/s1. The van der Waals surface area contributed by atoms with Gasteiger partial charge in [-0.2, -0.15) is 0 Å².